The van der Waals surface area contributed by atoms with Crippen molar-refractivity contribution in [2.24, 2.45) is 11.1 Å². The minimum absolute atomic E-state index is 0.258. The van der Waals surface area contributed by atoms with Gasteiger partial charge in [0.15, 0.2) is 0 Å². The van der Waals surface area contributed by atoms with Gasteiger partial charge in [0.05, 0.1) is 0 Å². The Kier molecular flexibility index (Phi) is 4.07. The SMILES string of the molecule is CC1(C)CCN(C2(CN)CCCC2(C)C)CCS1. The highest BCUT2D eigenvalue weighted by Gasteiger charge is 2.51. The molecule has 0 amide bonds. The van der Waals surface area contributed by atoms with Crippen molar-refractivity contribution < 1.29 is 0 Å². The Morgan fingerprint density at radius 1 is 1.06 bits per heavy atom. The van der Waals surface area contributed by atoms with Crippen LogP contribution in [-0.4, -0.2) is 40.6 Å². The van der Waals surface area contributed by atoms with Crippen molar-refractivity contribution in [1.82, 2.24) is 4.90 Å². The fraction of sp³-hybridized carbons (Fsp3) is 1.00. The van der Waals surface area contributed by atoms with E-state index in [1.54, 1.807) is 0 Å². The Morgan fingerprint density at radius 3 is 2.33 bits per heavy atom. The number of nitrogens with zero attached hydrogens (tertiary/aromatic N) is 1. The predicted molar refractivity (Wildman–Crippen MR) is 82.1 cm³/mol. The molecule has 1 atom stereocenters. The molecule has 1 heterocycles. The molecular formula is C15H30N2S. The van der Waals surface area contributed by atoms with Crippen LogP contribution in [0.15, 0.2) is 0 Å². The molecule has 2 N–H and O–H groups in total. The summed E-state index contributed by atoms with van der Waals surface area (Å²) in [6, 6.07) is 0. The van der Waals surface area contributed by atoms with E-state index in [4.69, 9.17) is 5.73 Å². The van der Waals surface area contributed by atoms with Crippen molar-refractivity contribution in [2.45, 2.75) is 63.7 Å². The van der Waals surface area contributed by atoms with Gasteiger partial charge in [-0.1, -0.05) is 34.1 Å². The minimum atomic E-state index is 0.258. The zero-order valence-corrected chi connectivity index (χ0v) is 13.4. The van der Waals surface area contributed by atoms with Crippen molar-refractivity contribution in [3.05, 3.63) is 0 Å². The summed E-state index contributed by atoms with van der Waals surface area (Å²) >= 11 is 2.13. The van der Waals surface area contributed by atoms with Crippen LogP contribution < -0.4 is 5.73 Å². The Balaban J connectivity index is 2.18. The van der Waals surface area contributed by atoms with E-state index in [1.165, 1.54) is 44.5 Å². The average molecular weight is 270 g/mol. The van der Waals surface area contributed by atoms with E-state index in [0.717, 1.165) is 6.54 Å². The predicted octanol–water partition coefficient (Wildman–Crippen LogP) is 3.11. The lowest BCUT2D eigenvalue weighted by molar-refractivity contribution is 0.0167. The zero-order valence-electron chi connectivity index (χ0n) is 12.6. The maximum absolute atomic E-state index is 6.25. The largest absolute Gasteiger partial charge is 0.329 e. The van der Waals surface area contributed by atoms with Crippen molar-refractivity contribution >= 4 is 11.8 Å². The molecular weight excluding hydrogens is 240 g/mol. The topological polar surface area (TPSA) is 29.3 Å². The third-order valence-electron chi connectivity index (χ3n) is 5.43. The Morgan fingerprint density at radius 2 is 1.78 bits per heavy atom. The number of thioether (sulfide) groups is 1. The normalized spacial score (nSPS) is 36.5. The molecule has 2 nitrogen and oxygen atoms in total. The second-order valence-corrected chi connectivity index (χ2v) is 9.12. The molecule has 0 bridgehead atoms. The smallest absolute Gasteiger partial charge is 0.0382 e. The lowest BCUT2D eigenvalue weighted by Gasteiger charge is -2.49. The molecule has 1 saturated carbocycles. The Hall–Kier alpha value is 0.270. The van der Waals surface area contributed by atoms with Crippen LogP contribution in [0.25, 0.3) is 0 Å². The molecule has 0 spiro atoms. The lowest BCUT2D eigenvalue weighted by atomic mass is 9.73. The van der Waals surface area contributed by atoms with Gasteiger partial charge in [0.1, 0.15) is 0 Å². The van der Waals surface area contributed by atoms with Crippen LogP contribution in [0.3, 0.4) is 0 Å². The number of hydrogen-bond acceptors (Lipinski definition) is 3. The van der Waals surface area contributed by atoms with E-state index in [2.05, 4.69) is 44.4 Å². The molecule has 1 saturated heterocycles. The van der Waals surface area contributed by atoms with Crippen molar-refractivity contribution in [3.8, 4) is 0 Å². The van der Waals surface area contributed by atoms with Crippen LogP contribution in [0.1, 0.15) is 53.4 Å². The van der Waals surface area contributed by atoms with E-state index >= 15 is 0 Å². The molecule has 0 aromatic rings. The molecule has 2 rings (SSSR count). The Labute approximate surface area is 117 Å². The van der Waals surface area contributed by atoms with Gasteiger partial charge in [0.25, 0.3) is 0 Å². The highest BCUT2D eigenvalue weighted by molar-refractivity contribution is 8.00. The third-order valence-corrected chi connectivity index (χ3v) is 6.81. The summed E-state index contributed by atoms with van der Waals surface area (Å²) in [4.78, 5) is 2.74. The van der Waals surface area contributed by atoms with E-state index < -0.39 is 0 Å². The fourth-order valence-corrected chi connectivity index (χ4v) is 5.04. The van der Waals surface area contributed by atoms with E-state index in [0.29, 0.717) is 10.2 Å². The summed E-state index contributed by atoms with van der Waals surface area (Å²) in [7, 11) is 0. The molecule has 106 valence electrons. The summed E-state index contributed by atoms with van der Waals surface area (Å²) in [5.74, 6) is 1.25. The van der Waals surface area contributed by atoms with Gasteiger partial charge < -0.3 is 5.73 Å². The minimum Gasteiger partial charge on any atom is -0.329 e. The van der Waals surface area contributed by atoms with Crippen LogP contribution in [0, 0.1) is 5.41 Å². The van der Waals surface area contributed by atoms with Gasteiger partial charge in [-0.05, 0) is 24.7 Å². The second-order valence-electron chi connectivity index (χ2n) is 7.32. The molecule has 0 aromatic carbocycles. The first-order valence-electron chi connectivity index (χ1n) is 7.42. The highest BCUT2D eigenvalue weighted by Crippen LogP contribution is 2.50. The second kappa shape index (κ2) is 4.99. The summed E-state index contributed by atoms with van der Waals surface area (Å²) in [5.41, 5.74) is 6.88. The molecule has 1 aliphatic carbocycles. The zero-order chi connectivity index (χ0) is 13.4. The van der Waals surface area contributed by atoms with E-state index in [1.807, 2.05) is 0 Å². The van der Waals surface area contributed by atoms with Gasteiger partial charge in [-0.15, -0.1) is 0 Å². The van der Waals surface area contributed by atoms with E-state index in [-0.39, 0.29) is 5.54 Å². The van der Waals surface area contributed by atoms with Crippen LogP contribution in [0.2, 0.25) is 0 Å². The first-order chi connectivity index (χ1) is 8.33. The summed E-state index contributed by atoms with van der Waals surface area (Å²) in [6.45, 7) is 12.9. The maximum atomic E-state index is 6.25. The first kappa shape index (κ1) is 14.7. The van der Waals surface area contributed by atoms with Crippen LogP contribution >= 0.6 is 11.8 Å². The van der Waals surface area contributed by atoms with Crippen LogP contribution in [0.5, 0.6) is 0 Å². The Bertz CT molecular complexity index is 301. The number of nitrogens with two attached hydrogens (primary N) is 1. The maximum Gasteiger partial charge on any atom is 0.0382 e. The van der Waals surface area contributed by atoms with Crippen LogP contribution in [-0.2, 0) is 0 Å². The molecule has 1 unspecified atom stereocenters. The molecule has 2 aliphatic rings. The lowest BCUT2D eigenvalue weighted by Crippen LogP contribution is -2.60. The van der Waals surface area contributed by atoms with Gasteiger partial charge >= 0.3 is 0 Å². The molecule has 3 heteroatoms. The van der Waals surface area contributed by atoms with Gasteiger partial charge in [-0.25, -0.2) is 0 Å². The van der Waals surface area contributed by atoms with Crippen LogP contribution in [0.4, 0.5) is 0 Å². The standard InChI is InChI=1S/C15H30N2S/c1-13(2)6-5-7-15(13,12-16)17-9-8-14(3,4)18-11-10-17/h5-12,16H2,1-4H3. The monoisotopic (exact) mass is 270 g/mol. The van der Waals surface area contributed by atoms with Gasteiger partial charge in [-0.2, -0.15) is 11.8 Å². The first-order valence-corrected chi connectivity index (χ1v) is 8.41. The summed E-state index contributed by atoms with van der Waals surface area (Å²) < 4.78 is 0.438. The van der Waals surface area contributed by atoms with Crippen molar-refractivity contribution in [3.63, 3.8) is 0 Å². The molecule has 18 heavy (non-hydrogen) atoms. The average Bonchev–Trinajstić information content (AvgIpc) is 2.46. The van der Waals surface area contributed by atoms with Gasteiger partial charge in [0.2, 0.25) is 0 Å². The molecule has 0 aromatic heterocycles. The molecule has 1 aliphatic heterocycles. The van der Waals surface area contributed by atoms with Gasteiger partial charge in [0, 0.05) is 35.7 Å². The summed E-state index contributed by atoms with van der Waals surface area (Å²) in [6.07, 6.45) is 5.26. The summed E-state index contributed by atoms with van der Waals surface area (Å²) in [5, 5.41) is 0. The fourth-order valence-electron chi connectivity index (χ4n) is 3.94. The van der Waals surface area contributed by atoms with Crippen molar-refractivity contribution in [1.29, 1.82) is 0 Å². The van der Waals surface area contributed by atoms with E-state index in [9.17, 15) is 0 Å². The van der Waals surface area contributed by atoms with Crippen molar-refractivity contribution in [2.75, 3.05) is 25.4 Å². The number of hydrogen-bond donors (Lipinski definition) is 1. The highest BCUT2D eigenvalue weighted by atomic mass is 32.2. The number of rotatable bonds is 2. The third kappa shape index (κ3) is 2.46. The quantitative estimate of drug-likeness (QED) is 0.836. The molecule has 2 fully saturated rings. The molecule has 0 radical (unpaired) electrons. The van der Waals surface area contributed by atoms with Gasteiger partial charge in [-0.3, -0.25) is 4.90 Å².